The molecule has 1 aliphatic heterocycles. The number of carbonyl (C=O) groups excluding carboxylic acids is 1. The van der Waals surface area contributed by atoms with Gasteiger partial charge in [-0.25, -0.2) is 13.4 Å². The maximum atomic E-state index is 13.4. The van der Waals surface area contributed by atoms with Gasteiger partial charge in [-0.2, -0.15) is 4.31 Å². The molecule has 33 heavy (non-hydrogen) atoms. The maximum Gasteiger partial charge on any atom is 0.263 e. The third-order valence-electron chi connectivity index (χ3n) is 6.10. The lowest BCUT2D eigenvalue weighted by Gasteiger charge is -2.29. The van der Waals surface area contributed by atoms with Gasteiger partial charge in [0.2, 0.25) is 15.9 Å². The van der Waals surface area contributed by atoms with Crippen molar-refractivity contribution < 1.29 is 13.2 Å². The first-order chi connectivity index (χ1) is 15.7. The second-order valence-corrected chi connectivity index (χ2v) is 11.6. The van der Waals surface area contributed by atoms with Gasteiger partial charge in [-0.05, 0) is 49.8 Å². The number of amides is 1. The first-order valence-corrected chi connectivity index (χ1v) is 13.3. The Kier molecular flexibility index (Phi) is 6.69. The van der Waals surface area contributed by atoms with Crippen molar-refractivity contribution in [1.29, 1.82) is 0 Å². The standard InChI is InChI=1S/C23H28N4O4S2/c1-4-17-5-7-18(8-6-17)25-19(28)13-26-14-24-22-20(23(26)29)21(16(3)32-22)33(30,31)27-11-9-15(2)10-12-27/h5-8,14-15H,4,9-13H2,1-3H3,(H,25,28). The number of nitrogens with zero attached hydrogens (tertiary/aromatic N) is 3. The smallest absolute Gasteiger partial charge is 0.263 e. The predicted octanol–water partition coefficient (Wildman–Crippen LogP) is 3.39. The highest BCUT2D eigenvalue weighted by molar-refractivity contribution is 7.89. The molecule has 0 bridgehead atoms. The Hall–Kier alpha value is -2.56. The van der Waals surface area contributed by atoms with Crippen LogP contribution >= 0.6 is 11.3 Å². The monoisotopic (exact) mass is 488 g/mol. The minimum atomic E-state index is -3.83. The summed E-state index contributed by atoms with van der Waals surface area (Å²) in [7, 11) is -3.83. The van der Waals surface area contributed by atoms with Crippen LogP contribution in [0.2, 0.25) is 0 Å². The molecule has 3 heterocycles. The normalized spacial score (nSPS) is 15.7. The molecule has 0 radical (unpaired) electrons. The van der Waals surface area contributed by atoms with E-state index in [2.05, 4.69) is 24.1 Å². The van der Waals surface area contributed by atoms with Gasteiger partial charge in [-0.15, -0.1) is 11.3 Å². The molecular formula is C23H28N4O4S2. The van der Waals surface area contributed by atoms with Crippen LogP contribution < -0.4 is 10.9 Å². The third-order valence-corrected chi connectivity index (χ3v) is 9.31. The number of nitrogens with one attached hydrogen (secondary N) is 1. The Morgan fingerprint density at radius 1 is 1.21 bits per heavy atom. The van der Waals surface area contributed by atoms with E-state index in [4.69, 9.17) is 0 Å². The van der Waals surface area contributed by atoms with Crippen molar-refractivity contribution in [2.75, 3.05) is 18.4 Å². The number of carbonyl (C=O) groups is 1. The third kappa shape index (κ3) is 4.73. The van der Waals surface area contributed by atoms with Crippen molar-refractivity contribution in [3.63, 3.8) is 0 Å². The van der Waals surface area contributed by atoms with E-state index in [1.165, 1.54) is 26.5 Å². The van der Waals surface area contributed by atoms with Crippen molar-refractivity contribution in [2.45, 2.75) is 51.5 Å². The van der Waals surface area contributed by atoms with Crippen LogP contribution in [0.1, 0.15) is 37.1 Å². The molecule has 0 atom stereocenters. The summed E-state index contributed by atoms with van der Waals surface area (Å²) in [4.78, 5) is 31.1. The van der Waals surface area contributed by atoms with Crippen molar-refractivity contribution >= 4 is 43.2 Å². The summed E-state index contributed by atoms with van der Waals surface area (Å²) in [6.45, 7) is 6.48. The summed E-state index contributed by atoms with van der Waals surface area (Å²) in [5.74, 6) is 0.0937. The number of rotatable bonds is 6. The zero-order valence-electron chi connectivity index (χ0n) is 19.0. The molecule has 1 aromatic carbocycles. The molecule has 1 saturated heterocycles. The molecule has 1 amide bonds. The number of hydrogen-bond donors (Lipinski definition) is 1. The van der Waals surface area contributed by atoms with E-state index in [0.717, 1.165) is 24.8 Å². The Morgan fingerprint density at radius 2 is 1.88 bits per heavy atom. The fourth-order valence-corrected chi connectivity index (χ4v) is 7.21. The second kappa shape index (κ2) is 9.36. The zero-order chi connectivity index (χ0) is 23.8. The van der Waals surface area contributed by atoms with Crippen LogP contribution in [-0.4, -0.2) is 41.3 Å². The van der Waals surface area contributed by atoms with Crippen LogP contribution in [0, 0.1) is 12.8 Å². The molecule has 2 aromatic heterocycles. The summed E-state index contributed by atoms with van der Waals surface area (Å²) in [6.07, 6.45) is 3.79. The molecule has 0 unspecified atom stereocenters. The number of sulfonamides is 1. The topological polar surface area (TPSA) is 101 Å². The molecule has 8 nitrogen and oxygen atoms in total. The Morgan fingerprint density at radius 3 is 2.52 bits per heavy atom. The van der Waals surface area contributed by atoms with Crippen LogP contribution in [0.5, 0.6) is 0 Å². The lowest BCUT2D eigenvalue weighted by atomic mass is 10.0. The molecular weight excluding hydrogens is 460 g/mol. The molecule has 0 saturated carbocycles. The van der Waals surface area contributed by atoms with Crippen LogP contribution in [0.25, 0.3) is 10.2 Å². The number of aryl methyl sites for hydroxylation is 2. The minimum Gasteiger partial charge on any atom is -0.325 e. The lowest BCUT2D eigenvalue weighted by Crippen LogP contribution is -2.38. The molecule has 1 aliphatic rings. The average Bonchev–Trinajstić information content (AvgIpc) is 3.14. The summed E-state index contributed by atoms with van der Waals surface area (Å²) in [6, 6.07) is 7.49. The summed E-state index contributed by atoms with van der Waals surface area (Å²) in [5.41, 5.74) is 1.27. The molecule has 10 heteroatoms. The number of fused-ring (bicyclic) bond motifs is 1. The number of benzene rings is 1. The number of hydrogen-bond acceptors (Lipinski definition) is 6. The molecule has 176 valence electrons. The lowest BCUT2D eigenvalue weighted by molar-refractivity contribution is -0.116. The van der Waals surface area contributed by atoms with Crippen molar-refractivity contribution in [3.8, 4) is 0 Å². The van der Waals surface area contributed by atoms with E-state index >= 15 is 0 Å². The van der Waals surface area contributed by atoms with Gasteiger partial charge in [0.15, 0.2) is 0 Å². The molecule has 1 N–H and O–H groups in total. The fourth-order valence-electron chi connectivity index (χ4n) is 4.07. The fraction of sp³-hybridized carbons (Fsp3) is 0.435. The molecule has 3 aromatic rings. The van der Waals surface area contributed by atoms with Gasteiger partial charge >= 0.3 is 0 Å². The number of aromatic nitrogens is 2. The first kappa shape index (κ1) is 23.6. The van der Waals surface area contributed by atoms with Gasteiger partial charge in [-0.3, -0.25) is 14.2 Å². The molecule has 4 rings (SSSR count). The summed E-state index contributed by atoms with van der Waals surface area (Å²) >= 11 is 1.19. The predicted molar refractivity (Wildman–Crippen MR) is 130 cm³/mol. The second-order valence-electron chi connectivity index (χ2n) is 8.53. The van der Waals surface area contributed by atoms with E-state index in [1.54, 1.807) is 6.92 Å². The Bertz CT molecular complexity index is 1340. The van der Waals surface area contributed by atoms with Crippen LogP contribution in [0.3, 0.4) is 0 Å². The van der Waals surface area contributed by atoms with E-state index in [0.29, 0.717) is 34.4 Å². The van der Waals surface area contributed by atoms with Crippen molar-refractivity contribution in [3.05, 3.63) is 51.4 Å². The Balaban J connectivity index is 1.64. The van der Waals surface area contributed by atoms with Crippen molar-refractivity contribution in [1.82, 2.24) is 13.9 Å². The molecule has 0 spiro atoms. The van der Waals surface area contributed by atoms with Gasteiger partial charge in [-0.1, -0.05) is 26.0 Å². The van der Waals surface area contributed by atoms with Gasteiger partial charge in [0, 0.05) is 23.7 Å². The van der Waals surface area contributed by atoms with E-state index in [-0.39, 0.29) is 22.7 Å². The van der Waals surface area contributed by atoms with Gasteiger partial charge in [0.1, 0.15) is 16.3 Å². The summed E-state index contributed by atoms with van der Waals surface area (Å²) < 4.78 is 29.5. The van der Waals surface area contributed by atoms with Crippen LogP contribution in [0.4, 0.5) is 5.69 Å². The van der Waals surface area contributed by atoms with E-state index in [1.807, 2.05) is 24.3 Å². The summed E-state index contributed by atoms with van der Waals surface area (Å²) in [5, 5.41) is 2.84. The van der Waals surface area contributed by atoms with Gasteiger partial charge < -0.3 is 5.32 Å². The van der Waals surface area contributed by atoms with Crippen molar-refractivity contribution in [2.24, 2.45) is 5.92 Å². The van der Waals surface area contributed by atoms with Gasteiger partial charge in [0.05, 0.1) is 11.7 Å². The first-order valence-electron chi connectivity index (χ1n) is 11.1. The van der Waals surface area contributed by atoms with Gasteiger partial charge in [0.25, 0.3) is 5.56 Å². The maximum absolute atomic E-state index is 13.4. The highest BCUT2D eigenvalue weighted by Crippen LogP contribution is 2.34. The van der Waals surface area contributed by atoms with Crippen LogP contribution in [-0.2, 0) is 27.8 Å². The minimum absolute atomic E-state index is 0.0273. The highest BCUT2D eigenvalue weighted by Gasteiger charge is 2.33. The van der Waals surface area contributed by atoms with Crippen LogP contribution in [0.15, 0.2) is 40.3 Å². The molecule has 1 fully saturated rings. The Labute approximate surface area is 197 Å². The number of piperidine rings is 1. The van der Waals surface area contributed by atoms with E-state index in [9.17, 15) is 18.0 Å². The highest BCUT2D eigenvalue weighted by atomic mass is 32.2. The molecule has 0 aliphatic carbocycles. The number of anilines is 1. The zero-order valence-corrected chi connectivity index (χ0v) is 20.6. The average molecular weight is 489 g/mol. The quantitative estimate of drug-likeness (QED) is 0.573. The number of thiophene rings is 1. The SMILES string of the molecule is CCc1ccc(NC(=O)Cn2cnc3sc(C)c(S(=O)(=O)N4CCC(C)CC4)c3c2=O)cc1. The van der Waals surface area contributed by atoms with E-state index < -0.39 is 15.6 Å². The largest absolute Gasteiger partial charge is 0.325 e.